The number of oxazole rings is 1. The van der Waals surface area contributed by atoms with E-state index in [0.29, 0.717) is 10.5 Å². The van der Waals surface area contributed by atoms with E-state index >= 15 is 0 Å². The molecule has 0 saturated carbocycles. The predicted octanol–water partition coefficient (Wildman–Crippen LogP) is 3.03. The molecule has 0 aliphatic carbocycles. The van der Waals surface area contributed by atoms with Crippen LogP contribution < -0.4 is 11.1 Å². The van der Waals surface area contributed by atoms with E-state index in [4.69, 9.17) is 16.0 Å². The smallest absolute Gasteiger partial charge is 0.407 e. The van der Waals surface area contributed by atoms with Gasteiger partial charge in [0.1, 0.15) is 6.54 Å². The number of nitro groups is 1. The average Bonchev–Trinajstić information content (AvgIpc) is 2.90. The zero-order chi connectivity index (χ0) is 18.8. The zero-order valence-corrected chi connectivity index (χ0v) is 14.4. The molecule has 0 aliphatic rings. The molecule has 2 aromatic carbocycles. The number of carbonyl (C=O) groups is 1. The molecule has 8 nitrogen and oxygen atoms in total. The number of aromatic nitrogens is 1. The Bertz CT molecular complexity index is 1040. The van der Waals surface area contributed by atoms with E-state index in [9.17, 15) is 19.7 Å². The molecule has 0 aliphatic heterocycles. The maximum absolute atomic E-state index is 12.3. The molecule has 3 aromatic rings. The van der Waals surface area contributed by atoms with Gasteiger partial charge in [-0.25, -0.2) is 4.79 Å². The Hall–Kier alpha value is -3.13. The van der Waals surface area contributed by atoms with Crippen molar-refractivity contribution < 1.29 is 14.1 Å². The van der Waals surface area contributed by atoms with Crippen molar-refractivity contribution in [2.75, 3.05) is 0 Å². The number of fused-ring (bicyclic) bond motifs is 1. The number of benzene rings is 2. The summed E-state index contributed by atoms with van der Waals surface area (Å²) < 4.78 is 6.13. The second-order valence-electron chi connectivity index (χ2n) is 5.70. The van der Waals surface area contributed by atoms with Gasteiger partial charge in [-0.2, -0.15) is 0 Å². The third-order valence-corrected chi connectivity index (χ3v) is 4.16. The predicted molar refractivity (Wildman–Crippen MR) is 95.1 cm³/mol. The van der Waals surface area contributed by atoms with Gasteiger partial charge in [0.05, 0.1) is 22.5 Å². The first-order chi connectivity index (χ1) is 12.3. The summed E-state index contributed by atoms with van der Waals surface area (Å²) in [7, 11) is 0. The number of non-ortho nitro benzene ring substituents is 1. The number of hydrogen-bond donors (Lipinski definition) is 1. The Balaban J connectivity index is 1.78. The molecule has 26 heavy (non-hydrogen) atoms. The lowest BCUT2D eigenvalue weighted by molar-refractivity contribution is -0.384. The van der Waals surface area contributed by atoms with Crippen LogP contribution in [0.2, 0.25) is 5.02 Å². The Labute approximate surface area is 152 Å². The molecule has 1 atom stereocenters. The van der Waals surface area contributed by atoms with Crippen LogP contribution in [-0.2, 0) is 11.3 Å². The van der Waals surface area contributed by atoms with Gasteiger partial charge in [0, 0.05) is 11.1 Å². The molecule has 1 amide bonds. The van der Waals surface area contributed by atoms with E-state index in [-0.39, 0.29) is 23.9 Å². The molecule has 1 N–H and O–H groups in total. The Kier molecular flexibility index (Phi) is 4.77. The number of nitrogens with zero attached hydrogens (tertiary/aromatic N) is 2. The maximum atomic E-state index is 12.3. The van der Waals surface area contributed by atoms with Crippen LogP contribution in [0, 0.1) is 10.1 Å². The zero-order valence-electron chi connectivity index (χ0n) is 13.6. The molecule has 134 valence electrons. The van der Waals surface area contributed by atoms with Crippen molar-refractivity contribution in [3.05, 3.63) is 73.7 Å². The number of halogens is 1. The van der Waals surface area contributed by atoms with Crippen LogP contribution in [0.1, 0.15) is 18.5 Å². The van der Waals surface area contributed by atoms with Gasteiger partial charge in [0.15, 0.2) is 5.58 Å². The van der Waals surface area contributed by atoms with Crippen LogP contribution in [0.4, 0.5) is 5.69 Å². The van der Waals surface area contributed by atoms with Gasteiger partial charge in [0.25, 0.3) is 5.69 Å². The number of amides is 1. The minimum atomic E-state index is -0.755. The van der Waals surface area contributed by atoms with Crippen molar-refractivity contribution in [1.29, 1.82) is 0 Å². The SMILES string of the molecule is C[C@H](NC(=O)Cn1c(=O)oc2cc([N+](=O)[O-])ccc21)c1ccc(Cl)cc1. The van der Waals surface area contributed by atoms with E-state index in [0.717, 1.165) is 16.2 Å². The Morgan fingerprint density at radius 3 is 2.65 bits per heavy atom. The standard InChI is InChI=1S/C17H14ClN3O5/c1-10(11-2-4-12(18)5-3-11)19-16(22)9-20-14-7-6-13(21(24)25)8-15(14)26-17(20)23/h2-8,10H,9H2,1H3,(H,19,22)/t10-/m0/s1. The summed E-state index contributed by atoms with van der Waals surface area (Å²) in [5, 5.41) is 14.2. The summed E-state index contributed by atoms with van der Waals surface area (Å²) in [5.74, 6) is -1.15. The fourth-order valence-corrected chi connectivity index (χ4v) is 2.71. The Morgan fingerprint density at radius 2 is 2.00 bits per heavy atom. The van der Waals surface area contributed by atoms with Crippen LogP contribution in [0.25, 0.3) is 11.1 Å². The monoisotopic (exact) mass is 375 g/mol. The van der Waals surface area contributed by atoms with Crippen LogP contribution in [0.15, 0.2) is 51.7 Å². The third-order valence-electron chi connectivity index (χ3n) is 3.91. The van der Waals surface area contributed by atoms with E-state index in [1.54, 1.807) is 31.2 Å². The molecular weight excluding hydrogens is 362 g/mol. The highest BCUT2D eigenvalue weighted by Crippen LogP contribution is 2.20. The summed E-state index contributed by atoms with van der Waals surface area (Å²) in [6, 6.07) is 10.5. The number of hydrogen-bond acceptors (Lipinski definition) is 5. The molecule has 9 heteroatoms. The lowest BCUT2D eigenvalue weighted by Gasteiger charge is -2.14. The summed E-state index contributed by atoms with van der Waals surface area (Å²) in [6.45, 7) is 1.54. The molecule has 0 saturated heterocycles. The van der Waals surface area contributed by atoms with Gasteiger partial charge in [-0.15, -0.1) is 0 Å². The largest absolute Gasteiger partial charge is 0.420 e. The van der Waals surface area contributed by atoms with E-state index in [1.807, 2.05) is 0 Å². The maximum Gasteiger partial charge on any atom is 0.420 e. The molecule has 3 rings (SSSR count). The molecule has 0 radical (unpaired) electrons. The van der Waals surface area contributed by atoms with Crippen LogP contribution in [0.3, 0.4) is 0 Å². The Morgan fingerprint density at radius 1 is 1.31 bits per heavy atom. The first-order valence-corrected chi connectivity index (χ1v) is 8.05. The number of nitrogens with one attached hydrogen (secondary N) is 1. The summed E-state index contributed by atoms with van der Waals surface area (Å²) in [5.41, 5.74) is 1.04. The third kappa shape index (κ3) is 3.60. The highest BCUT2D eigenvalue weighted by Gasteiger charge is 2.17. The first kappa shape index (κ1) is 17.7. The summed E-state index contributed by atoms with van der Waals surface area (Å²) >= 11 is 5.84. The molecule has 0 unspecified atom stereocenters. The van der Waals surface area contributed by atoms with E-state index < -0.39 is 16.6 Å². The number of carbonyl (C=O) groups excluding carboxylic acids is 1. The highest BCUT2D eigenvalue weighted by molar-refractivity contribution is 6.30. The van der Waals surface area contributed by atoms with Crippen molar-refractivity contribution in [1.82, 2.24) is 9.88 Å². The van der Waals surface area contributed by atoms with Gasteiger partial charge >= 0.3 is 5.76 Å². The molecule has 1 heterocycles. The highest BCUT2D eigenvalue weighted by atomic mass is 35.5. The van der Waals surface area contributed by atoms with Crippen molar-refractivity contribution in [3.63, 3.8) is 0 Å². The van der Waals surface area contributed by atoms with Gasteiger partial charge < -0.3 is 9.73 Å². The molecule has 0 spiro atoms. The van der Waals surface area contributed by atoms with Gasteiger partial charge in [-0.05, 0) is 30.7 Å². The van der Waals surface area contributed by atoms with E-state index in [1.165, 1.54) is 12.1 Å². The second-order valence-corrected chi connectivity index (χ2v) is 6.14. The average molecular weight is 376 g/mol. The van der Waals surface area contributed by atoms with E-state index in [2.05, 4.69) is 5.32 Å². The molecule has 1 aromatic heterocycles. The summed E-state index contributed by atoms with van der Waals surface area (Å²) in [4.78, 5) is 34.5. The van der Waals surface area contributed by atoms with Gasteiger partial charge in [0.2, 0.25) is 5.91 Å². The minimum absolute atomic E-state index is 0.0581. The summed E-state index contributed by atoms with van der Waals surface area (Å²) in [6.07, 6.45) is 0. The molecule has 0 bridgehead atoms. The molecular formula is C17H14ClN3O5. The van der Waals surface area contributed by atoms with Crippen molar-refractivity contribution in [2.24, 2.45) is 0 Å². The normalized spacial score (nSPS) is 12.1. The van der Waals surface area contributed by atoms with Gasteiger partial charge in [-0.1, -0.05) is 23.7 Å². The van der Waals surface area contributed by atoms with Crippen LogP contribution in [0.5, 0.6) is 0 Å². The minimum Gasteiger partial charge on any atom is -0.407 e. The first-order valence-electron chi connectivity index (χ1n) is 7.68. The van der Waals surface area contributed by atoms with Crippen molar-refractivity contribution in [3.8, 4) is 0 Å². The van der Waals surface area contributed by atoms with Crippen molar-refractivity contribution in [2.45, 2.75) is 19.5 Å². The van der Waals surface area contributed by atoms with Crippen LogP contribution in [-0.4, -0.2) is 15.4 Å². The van der Waals surface area contributed by atoms with Crippen LogP contribution >= 0.6 is 11.6 Å². The number of nitro benzene ring substituents is 1. The number of rotatable bonds is 5. The topological polar surface area (TPSA) is 107 Å². The fourth-order valence-electron chi connectivity index (χ4n) is 2.58. The lowest BCUT2D eigenvalue weighted by Crippen LogP contribution is -2.32. The lowest BCUT2D eigenvalue weighted by atomic mass is 10.1. The second kappa shape index (κ2) is 7.01. The van der Waals surface area contributed by atoms with Crippen molar-refractivity contribution >= 4 is 34.3 Å². The molecule has 0 fully saturated rings. The van der Waals surface area contributed by atoms with Gasteiger partial charge in [-0.3, -0.25) is 19.5 Å². The quantitative estimate of drug-likeness (QED) is 0.544. The fraction of sp³-hybridized carbons (Fsp3) is 0.176.